The molecule has 1 aliphatic carbocycles. The molecule has 2 heterocycles. The number of amides is 1. The van der Waals surface area contributed by atoms with Crippen LogP contribution in [0.15, 0.2) is 23.6 Å². The van der Waals surface area contributed by atoms with Crippen molar-refractivity contribution in [3.05, 3.63) is 39.3 Å². The second kappa shape index (κ2) is 5.99. The first-order valence-corrected chi connectivity index (χ1v) is 9.29. The van der Waals surface area contributed by atoms with Gasteiger partial charge in [0.25, 0.3) is 5.91 Å². The zero-order valence-corrected chi connectivity index (χ0v) is 14.0. The number of anilines is 1. The first-order chi connectivity index (χ1) is 11.2. The van der Waals surface area contributed by atoms with E-state index in [1.165, 1.54) is 29.2 Å². The summed E-state index contributed by atoms with van der Waals surface area (Å²) in [5.41, 5.74) is 7.74. The molecule has 0 spiro atoms. The van der Waals surface area contributed by atoms with E-state index in [9.17, 15) is 4.79 Å². The van der Waals surface area contributed by atoms with Gasteiger partial charge >= 0.3 is 0 Å². The minimum Gasteiger partial charge on any atom is -0.330 e. The Morgan fingerprint density at radius 2 is 2.22 bits per heavy atom. The average Bonchev–Trinajstić information content (AvgIpc) is 3.13. The Kier molecular flexibility index (Phi) is 3.84. The molecule has 3 N–H and O–H groups in total. The van der Waals surface area contributed by atoms with Gasteiger partial charge in [-0.2, -0.15) is 0 Å². The number of carbonyl (C=O) groups excluding carboxylic acids is 1. The van der Waals surface area contributed by atoms with Crippen molar-refractivity contribution in [2.45, 2.75) is 25.2 Å². The van der Waals surface area contributed by atoms with E-state index in [4.69, 9.17) is 5.73 Å². The van der Waals surface area contributed by atoms with E-state index in [-0.39, 0.29) is 5.91 Å². The van der Waals surface area contributed by atoms with Crippen molar-refractivity contribution >= 4 is 44.5 Å². The second-order valence-electron chi connectivity index (χ2n) is 5.63. The van der Waals surface area contributed by atoms with Crippen LogP contribution >= 0.6 is 22.7 Å². The van der Waals surface area contributed by atoms with Crippen LogP contribution in [0.25, 0.3) is 10.2 Å². The maximum absolute atomic E-state index is 12.3. The molecule has 0 bridgehead atoms. The zero-order valence-electron chi connectivity index (χ0n) is 12.4. The number of rotatable bonds is 5. The van der Waals surface area contributed by atoms with E-state index in [1.54, 1.807) is 16.7 Å². The monoisotopic (exact) mass is 344 g/mol. The molecule has 1 aromatic carbocycles. The largest absolute Gasteiger partial charge is 0.330 e. The topological polar surface area (TPSA) is 80.9 Å². The van der Waals surface area contributed by atoms with E-state index >= 15 is 0 Å². The molecule has 3 aromatic rings. The number of nitrogens with two attached hydrogens (primary N) is 1. The number of hydrogen-bond donors (Lipinski definition) is 2. The Bertz CT molecular complexity index is 866. The number of thiazole rings is 2. The lowest BCUT2D eigenvalue weighted by atomic mass is 10.3. The molecular formula is C16H16N4OS2. The van der Waals surface area contributed by atoms with E-state index in [0.29, 0.717) is 24.6 Å². The Hall–Kier alpha value is -1.83. The third-order valence-corrected chi connectivity index (χ3v) is 5.82. The molecule has 7 heteroatoms. The Balaban J connectivity index is 1.52. The molecule has 0 atom stereocenters. The quantitative estimate of drug-likeness (QED) is 0.743. The molecule has 0 radical (unpaired) electrons. The fourth-order valence-electron chi connectivity index (χ4n) is 2.37. The summed E-state index contributed by atoms with van der Waals surface area (Å²) < 4.78 is 1.12. The van der Waals surface area contributed by atoms with Crippen LogP contribution in [-0.4, -0.2) is 22.4 Å². The van der Waals surface area contributed by atoms with Gasteiger partial charge in [0.15, 0.2) is 0 Å². The van der Waals surface area contributed by atoms with E-state index in [1.807, 2.05) is 18.2 Å². The highest BCUT2D eigenvalue weighted by atomic mass is 32.1. The van der Waals surface area contributed by atoms with Crippen molar-refractivity contribution < 1.29 is 4.79 Å². The SMILES string of the molecule is NCCc1nc(C(=O)Nc2ccc3nc(C4CC4)sc3c2)cs1. The normalized spacial score (nSPS) is 14.3. The van der Waals surface area contributed by atoms with Gasteiger partial charge in [-0.15, -0.1) is 22.7 Å². The van der Waals surface area contributed by atoms with Crippen LogP contribution < -0.4 is 11.1 Å². The van der Waals surface area contributed by atoms with Crippen molar-refractivity contribution in [2.24, 2.45) is 5.73 Å². The summed E-state index contributed by atoms with van der Waals surface area (Å²) in [5, 5.41) is 6.80. The maximum atomic E-state index is 12.3. The van der Waals surface area contributed by atoms with Gasteiger partial charge in [0.05, 0.1) is 20.2 Å². The van der Waals surface area contributed by atoms with Crippen LogP contribution in [-0.2, 0) is 6.42 Å². The number of aromatic nitrogens is 2. The summed E-state index contributed by atoms with van der Waals surface area (Å²) in [5.74, 6) is 0.470. The lowest BCUT2D eigenvalue weighted by Crippen LogP contribution is -2.12. The van der Waals surface area contributed by atoms with Crippen molar-refractivity contribution in [3.8, 4) is 0 Å². The summed E-state index contributed by atoms with van der Waals surface area (Å²) in [6.45, 7) is 0.542. The van der Waals surface area contributed by atoms with Crippen molar-refractivity contribution in [1.82, 2.24) is 9.97 Å². The number of nitrogens with zero attached hydrogens (tertiary/aromatic N) is 2. The summed E-state index contributed by atoms with van der Waals surface area (Å²) in [6.07, 6.45) is 3.20. The number of hydrogen-bond acceptors (Lipinski definition) is 6. The van der Waals surface area contributed by atoms with Gasteiger partial charge in [0, 0.05) is 23.4 Å². The molecule has 0 unspecified atom stereocenters. The zero-order chi connectivity index (χ0) is 15.8. The smallest absolute Gasteiger partial charge is 0.275 e. The highest BCUT2D eigenvalue weighted by Crippen LogP contribution is 2.43. The fraction of sp³-hybridized carbons (Fsp3) is 0.312. The molecule has 0 aliphatic heterocycles. The molecule has 1 aliphatic rings. The predicted molar refractivity (Wildman–Crippen MR) is 94.4 cm³/mol. The van der Waals surface area contributed by atoms with E-state index < -0.39 is 0 Å². The Morgan fingerprint density at radius 3 is 3.00 bits per heavy atom. The lowest BCUT2D eigenvalue weighted by Gasteiger charge is -2.02. The van der Waals surface area contributed by atoms with Gasteiger partial charge in [-0.25, -0.2) is 9.97 Å². The van der Waals surface area contributed by atoms with Crippen LogP contribution in [0.2, 0.25) is 0 Å². The molecule has 4 rings (SSSR count). The van der Waals surface area contributed by atoms with Gasteiger partial charge in [-0.05, 0) is 37.6 Å². The molecular weight excluding hydrogens is 328 g/mol. The highest BCUT2D eigenvalue weighted by molar-refractivity contribution is 7.18. The Labute approximate surface area is 141 Å². The summed E-state index contributed by atoms with van der Waals surface area (Å²) in [4.78, 5) is 21.3. The van der Waals surface area contributed by atoms with Crippen molar-refractivity contribution in [2.75, 3.05) is 11.9 Å². The first kappa shape index (κ1) is 14.7. The van der Waals surface area contributed by atoms with Crippen LogP contribution in [0.3, 0.4) is 0 Å². The van der Waals surface area contributed by atoms with Crippen LogP contribution in [0, 0.1) is 0 Å². The molecule has 23 heavy (non-hydrogen) atoms. The number of benzene rings is 1. The molecule has 2 aromatic heterocycles. The van der Waals surface area contributed by atoms with Crippen LogP contribution in [0.4, 0.5) is 5.69 Å². The molecule has 0 saturated heterocycles. The average molecular weight is 344 g/mol. The highest BCUT2D eigenvalue weighted by Gasteiger charge is 2.27. The lowest BCUT2D eigenvalue weighted by molar-refractivity contribution is 0.102. The van der Waals surface area contributed by atoms with Gasteiger partial charge in [-0.3, -0.25) is 4.79 Å². The fourth-order valence-corrected chi connectivity index (χ4v) is 4.34. The molecule has 5 nitrogen and oxygen atoms in total. The minimum absolute atomic E-state index is 0.184. The third-order valence-electron chi connectivity index (χ3n) is 3.73. The third kappa shape index (κ3) is 3.12. The number of carbonyl (C=O) groups is 1. The van der Waals surface area contributed by atoms with Crippen molar-refractivity contribution in [3.63, 3.8) is 0 Å². The Morgan fingerprint density at radius 1 is 1.35 bits per heavy atom. The second-order valence-corrected chi connectivity index (χ2v) is 7.63. The minimum atomic E-state index is -0.184. The molecule has 1 fully saturated rings. The van der Waals surface area contributed by atoms with E-state index in [2.05, 4.69) is 15.3 Å². The maximum Gasteiger partial charge on any atom is 0.275 e. The van der Waals surface area contributed by atoms with Gasteiger partial charge < -0.3 is 11.1 Å². The van der Waals surface area contributed by atoms with Gasteiger partial charge in [-0.1, -0.05) is 0 Å². The first-order valence-electron chi connectivity index (χ1n) is 7.59. The molecule has 1 amide bonds. The van der Waals surface area contributed by atoms with Gasteiger partial charge in [0.2, 0.25) is 0 Å². The summed E-state index contributed by atoms with van der Waals surface area (Å²) in [7, 11) is 0. The predicted octanol–water partition coefficient (Wildman–Crippen LogP) is 3.38. The molecule has 1 saturated carbocycles. The number of fused-ring (bicyclic) bond motifs is 1. The standard InChI is InChI=1S/C16H16N4OS2/c17-6-5-14-19-12(8-22-14)15(21)18-10-3-4-11-13(7-10)23-16(20-11)9-1-2-9/h3-4,7-9H,1-2,5-6,17H2,(H,18,21). The van der Waals surface area contributed by atoms with Gasteiger partial charge in [0.1, 0.15) is 5.69 Å². The van der Waals surface area contributed by atoms with Crippen LogP contribution in [0.1, 0.15) is 39.3 Å². The van der Waals surface area contributed by atoms with E-state index in [0.717, 1.165) is 20.9 Å². The van der Waals surface area contributed by atoms with Crippen molar-refractivity contribution in [1.29, 1.82) is 0 Å². The summed E-state index contributed by atoms with van der Waals surface area (Å²) >= 11 is 3.19. The molecule has 118 valence electrons. The van der Waals surface area contributed by atoms with Crippen LogP contribution in [0.5, 0.6) is 0 Å². The number of nitrogens with one attached hydrogen (secondary N) is 1. The summed E-state index contributed by atoms with van der Waals surface area (Å²) in [6, 6.07) is 5.85.